The molecule has 6 heteroatoms. The summed E-state index contributed by atoms with van der Waals surface area (Å²) in [6.07, 6.45) is 6.07. The first-order valence-corrected chi connectivity index (χ1v) is 9.62. The number of carbonyl (C=O) groups excluding carboxylic acids is 1. The maximum Gasteiger partial charge on any atom is 0.260 e. The fraction of sp³-hybridized carbons (Fsp3) is 0.650. The number of fused-ring (bicyclic) bond motifs is 4. The number of nitrogens with zero attached hydrogens (tertiary/aromatic N) is 2. The third-order valence-corrected chi connectivity index (χ3v) is 6.32. The average molecular weight is 364 g/mol. The molecule has 4 fully saturated rings. The van der Waals surface area contributed by atoms with Crippen molar-refractivity contribution >= 4 is 5.91 Å². The highest BCUT2D eigenvalue weighted by atomic mass is 19.1. The van der Waals surface area contributed by atoms with E-state index in [4.69, 9.17) is 4.74 Å². The first kappa shape index (κ1) is 17.7. The van der Waals surface area contributed by atoms with E-state index in [-0.39, 0.29) is 5.75 Å². The fourth-order valence-electron chi connectivity index (χ4n) is 4.62. The van der Waals surface area contributed by atoms with Gasteiger partial charge in [-0.1, -0.05) is 6.42 Å². The molecular weight excluding hydrogens is 338 g/mol. The molecule has 4 nitrogen and oxygen atoms in total. The topological polar surface area (TPSA) is 32.8 Å². The van der Waals surface area contributed by atoms with Gasteiger partial charge in [0.1, 0.15) is 11.4 Å². The zero-order chi connectivity index (χ0) is 18.3. The van der Waals surface area contributed by atoms with Gasteiger partial charge in [-0.2, -0.15) is 0 Å². The van der Waals surface area contributed by atoms with Crippen molar-refractivity contribution in [3.05, 3.63) is 29.3 Å². The first-order valence-electron chi connectivity index (χ1n) is 9.62. The van der Waals surface area contributed by atoms with E-state index in [0.29, 0.717) is 25.0 Å². The van der Waals surface area contributed by atoms with Crippen LogP contribution < -0.4 is 4.74 Å². The summed E-state index contributed by atoms with van der Waals surface area (Å²) in [5.41, 5.74) is -0.490. The minimum atomic E-state index is -0.902. The van der Waals surface area contributed by atoms with Crippen molar-refractivity contribution < 1.29 is 18.3 Å². The Morgan fingerprint density at radius 1 is 1.15 bits per heavy atom. The Kier molecular flexibility index (Phi) is 4.86. The van der Waals surface area contributed by atoms with E-state index in [0.717, 1.165) is 37.9 Å². The zero-order valence-corrected chi connectivity index (χ0v) is 15.2. The van der Waals surface area contributed by atoms with Crippen LogP contribution in [0.2, 0.25) is 0 Å². The molecule has 2 atom stereocenters. The van der Waals surface area contributed by atoms with Crippen molar-refractivity contribution in [3.8, 4) is 5.75 Å². The van der Waals surface area contributed by atoms with E-state index in [1.165, 1.54) is 32.4 Å². The standard InChI is InChI=1S/C20H26F2N2O2/c1-26-17-8-7-16(21)18(19(17)22)20(25)24-11-14-5-6-15(12-24)23(10-14)9-13-3-2-4-13/h7-8,13-15H,2-6,9-12H2,1H3/t14-,15-/m1/s1. The molecule has 1 saturated carbocycles. The second-order valence-corrected chi connectivity index (χ2v) is 8.00. The molecule has 1 amide bonds. The van der Waals surface area contributed by atoms with Gasteiger partial charge in [0.25, 0.3) is 5.91 Å². The molecule has 5 rings (SSSR count). The van der Waals surface area contributed by atoms with Gasteiger partial charge in [-0.15, -0.1) is 0 Å². The fourth-order valence-corrected chi connectivity index (χ4v) is 4.62. The number of amides is 1. The van der Waals surface area contributed by atoms with Crippen LogP contribution >= 0.6 is 0 Å². The number of hydrogen-bond acceptors (Lipinski definition) is 3. The van der Waals surface area contributed by atoms with E-state index < -0.39 is 23.1 Å². The quantitative estimate of drug-likeness (QED) is 0.822. The van der Waals surface area contributed by atoms with E-state index in [9.17, 15) is 13.6 Å². The molecule has 4 aliphatic rings. The van der Waals surface area contributed by atoms with Crippen LogP contribution in [0, 0.1) is 23.5 Å². The molecule has 1 aromatic carbocycles. The van der Waals surface area contributed by atoms with Crippen LogP contribution in [0.1, 0.15) is 42.5 Å². The van der Waals surface area contributed by atoms with E-state index in [2.05, 4.69) is 4.90 Å². The Bertz CT molecular complexity index is 693. The average Bonchev–Trinajstić information content (AvgIpc) is 2.90. The predicted octanol–water partition coefficient (Wildman–Crippen LogP) is 3.31. The SMILES string of the molecule is COc1ccc(F)c(C(=O)N2C[C@@H]3CC[C@H](C2)N(CC2CCC2)C3)c1F. The highest BCUT2D eigenvalue weighted by molar-refractivity contribution is 5.95. The number of methoxy groups -OCH3 is 1. The largest absolute Gasteiger partial charge is 0.494 e. The van der Waals surface area contributed by atoms with Crippen molar-refractivity contribution in [2.75, 3.05) is 33.3 Å². The van der Waals surface area contributed by atoms with E-state index in [1.807, 2.05) is 0 Å². The van der Waals surface area contributed by atoms with E-state index >= 15 is 0 Å². The summed E-state index contributed by atoms with van der Waals surface area (Å²) in [5, 5.41) is 0. The normalized spacial score (nSPS) is 26.5. The second-order valence-electron chi connectivity index (χ2n) is 8.00. The molecule has 3 saturated heterocycles. The first-order chi connectivity index (χ1) is 12.6. The molecular formula is C20H26F2N2O2. The summed E-state index contributed by atoms with van der Waals surface area (Å²) in [6.45, 7) is 3.23. The monoisotopic (exact) mass is 364 g/mol. The summed E-state index contributed by atoms with van der Waals surface area (Å²) >= 11 is 0. The number of carbonyl (C=O) groups is 1. The molecule has 2 bridgehead atoms. The second kappa shape index (κ2) is 7.14. The number of piperidine rings is 1. The third kappa shape index (κ3) is 3.20. The lowest BCUT2D eigenvalue weighted by Crippen LogP contribution is -2.47. The Labute approximate surface area is 153 Å². The predicted molar refractivity (Wildman–Crippen MR) is 94.2 cm³/mol. The van der Waals surface area contributed by atoms with E-state index in [1.54, 1.807) is 4.90 Å². The van der Waals surface area contributed by atoms with Crippen molar-refractivity contribution in [1.82, 2.24) is 9.80 Å². The molecule has 26 heavy (non-hydrogen) atoms. The minimum Gasteiger partial charge on any atom is -0.494 e. The Morgan fingerprint density at radius 2 is 1.96 bits per heavy atom. The number of ether oxygens (including phenoxy) is 1. The molecule has 3 aliphatic heterocycles. The molecule has 0 N–H and O–H groups in total. The van der Waals surface area contributed by atoms with Gasteiger partial charge in [0.05, 0.1) is 7.11 Å². The molecule has 3 heterocycles. The van der Waals surface area contributed by atoms with Crippen LogP contribution in [0.25, 0.3) is 0 Å². The van der Waals surface area contributed by atoms with Crippen molar-refractivity contribution in [3.63, 3.8) is 0 Å². The minimum absolute atomic E-state index is 0.0980. The molecule has 0 aromatic heterocycles. The number of benzene rings is 1. The van der Waals surface area contributed by atoms with Crippen LogP contribution in [0.3, 0.4) is 0 Å². The highest BCUT2D eigenvalue weighted by Crippen LogP contribution is 2.34. The number of halogens is 2. The van der Waals surface area contributed by atoms with Gasteiger partial charge < -0.3 is 9.64 Å². The third-order valence-electron chi connectivity index (χ3n) is 6.32. The lowest BCUT2D eigenvalue weighted by molar-refractivity contribution is 0.0707. The molecule has 0 radical (unpaired) electrons. The van der Waals surface area contributed by atoms with Crippen LogP contribution in [-0.4, -0.2) is 55.0 Å². The lowest BCUT2D eigenvalue weighted by atomic mass is 9.83. The summed E-state index contributed by atoms with van der Waals surface area (Å²) in [6, 6.07) is 2.62. The van der Waals surface area contributed by atoms with Gasteiger partial charge in [0, 0.05) is 32.2 Å². The zero-order valence-electron chi connectivity index (χ0n) is 15.2. The van der Waals surface area contributed by atoms with Gasteiger partial charge in [-0.05, 0) is 49.7 Å². The molecule has 142 valence electrons. The van der Waals surface area contributed by atoms with Crippen molar-refractivity contribution in [2.24, 2.45) is 11.8 Å². The summed E-state index contributed by atoms with van der Waals surface area (Å²) in [5.74, 6) is -1.21. The van der Waals surface area contributed by atoms with Crippen LogP contribution in [0.5, 0.6) is 5.75 Å². The number of hydrogen-bond donors (Lipinski definition) is 0. The van der Waals surface area contributed by atoms with Crippen LogP contribution in [0.15, 0.2) is 12.1 Å². The Morgan fingerprint density at radius 3 is 2.65 bits per heavy atom. The van der Waals surface area contributed by atoms with Crippen molar-refractivity contribution in [2.45, 2.75) is 38.1 Å². The van der Waals surface area contributed by atoms with Gasteiger partial charge in [0.2, 0.25) is 0 Å². The maximum absolute atomic E-state index is 14.5. The summed E-state index contributed by atoms with van der Waals surface area (Å²) in [4.78, 5) is 17.1. The van der Waals surface area contributed by atoms with Gasteiger partial charge in [-0.3, -0.25) is 9.69 Å². The number of rotatable bonds is 4. The van der Waals surface area contributed by atoms with Crippen LogP contribution in [0.4, 0.5) is 8.78 Å². The van der Waals surface area contributed by atoms with Crippen LogP contribution in [-0.2, 0) is 0 Å². The van der Waals surface area contributed by atoms with Gasteiger partial charge in [0.15, 0.2) is 11.6 Å². The van der Waals surface area contributed by atoms with Gasteiger partial charge >= 0.3 is 0 Å². The molecule has 1 aliphatic carbocycles. The highest BCUT2D eigenvalue weighted by Gasteiger charge is 2.39. The van der Waals surface area contributed by atoms with Crippen molar-refractivity contribution in [1.29, 1.82) is 0 Å². The molecule has 1 aromatic rings. The Hall–Kier alpha value is -1.69. The summed E-state index contributed by atoms with van der Waals surface area (Å²) < 4.78 is 33.7. The maximum atomic E-state index is 14.5. The Balaban J connectivity index is 1.54. The smallest absolute Gasteiger partial charge is 0.260 e. The molecule has 0 spiro atoms. The van der Waals surface area contributed by atoms with Gasteiger partial charge in [-0.25, -0.2) is 8.78 Å². The lowest BCUT2D eigenvalue weighted by Gasteiger charge is -2.40. The summed E-state index contributed by atoms with van der Waals surface area (Å²) in [7, 11) is 1.31. The molecule has 0 unspecified atom stereocenters.